The van der Waals surface area contributed by atoms with E-state index >= 15 is 0 Å². The number of carbonyl (C=O) groups is 3. The van der Waals surface area contributed by atoms with E-state index in [9.17, 15) is 19.5 Å². The molecular weight excluding hydrogens is 796 g/mol. The highest BCUT2D eigenvalue weighted by atomic mass is 79.9. The van der Waals surface area contributed by atoms with E-state index in [4.69, 9.17) is 22.1 Å². The van der Waals surface area contributed by atoms with Gasteiger partial charge in [-0.15, -0.1) is 34.0 Å². The number of esters is 2. The van der Waals surface area contributed by atoms with Crippen molar-refractivity contribution in [2.45, 2.75) is 122 Å². The van der Waals surface area contributed by atoms with Gasteiger partial charge in [-0.25, -0.2) is 0 Å². The second-order valence-electron chi connectivity index (χ2n) is 15.4. The fourth-order valence-corrected chi connectivity index (χ4v) is 8.97. The molecule has 2 fully saturated rings. The fraction of sp³-hybridized carbons (Fsp3) is 0.625. The molecule has 2 aromatic carbocycles. The van der Waals surface area contributed by atoms with Gasteiger partial charge < -0.3 is 23.5 Å². The predicted molar refractivity (Wildman–Crippen MR) is 218 cm³/mol. The Morgan fingerprint density at radius 3 is 1.22 bits per heavy atom. The lowest BCUT2D eigenvalue weighted by atomic mass is 9.66. The number of thiol groups is 1. The van der Waals surface area contributed by atoms with Crippen molar-refractivity contribution in [1.82, 2.24) is 0 Å². The first kappa shape index (κ1) is 45.2. The number of carboxylic acid groups (broad SMARTS) is 1. The first-order valence-electron chi connectivity index (χ1n) is 18.3. The van der Waals surface area contributed by atoms with Gasteiger partial charge >= 0.3 is 17.9 Å². The number of hydrogen-bond donors (Lipinski definition) is 2. The summed E-state index contributed by atoms with van der Waals surface area (Å²) in [6.45, 7) is 14.6. The van der Waals surface area contributed by atoms with Crippen LogP contribution in [0.5, 0.6) is 11.5 Å². The van der Waals surface area contributed by atoms with Crippen LogP contribution in [-0.4, -0.2) is 88.1 Å². The second-order valence-corrected chi connectivity index (χ2v) is 16.2. The Morgan fingerprint density at radius 2 is 0.961 bits per heavy atom. The van der Waals surface area contributed by atoms with Crippen LogP contribution >= 0.6 is 46.6 Å². The Bertz CT molecular complexity index is 1330. The van der Waals surface area contributed by atoms with Crippen molar-refractivity contribution in [3.8, 4) is 11.5 Å². The number of likely N-dealkylation sites (N-methyl/N-ethyl adjacent to an activating group) is 2. The van der Waals surface area contributed by atoms with Crippen molar-refractivity contribution in [1.29, 1.82) is 0 Å². The van der Waals surface area contributed by atoms with Crippen LogP contribution in [0.4, 0.5) is 0 Å². The van der Waals surface area contributed by atoms with Crippen molar-refractivity contribution in [2.24, 2.45) is 11.8 Å². The average molecular weight is 859 g/mol. The molecule has 51 heavy (non-hydrogen) atoms. The van der Waals surface area contributed by atoms with Crippen LogP contribution in [0.15, 0.2) is 48.5 Å². The number of halogens is 2. The average Bonchev–Trinajstić information content (AvgIpc) is 3.08. The predicted octanol–water partition coefficient (Wildman–Crippen LogP) is 8.28. The van der Waals surface area contributed by atoms with E-state index in [-0.39, 0.29) is 57.7 Å². The van der Waals surface area contributed by atoms with Gasteiger partial charge in [-0.2, -0.15) is 12.6 Å². The molecule has 4 rings (SSSR count). The maximum atomic E-state index is 13.3. The molecule has 4 unspecified atom stereocenters. The van der Waals surface area contributed by atoms with E-state index < -0.39 is 10.7 Å². The molecule has 286 valence electrons. The van der Waals surface area contributed by atoms with E-state index in [0.717, 1.165) is 60.6 Å². The van der Waals surface area contributed by atoms with E-state index in [0.29, 0.717) is 48.5 Å². The van der Waals surface area contributed by atoms with Gasteiger partial charge in [0.1, 0.15) is 16.2 Å². The number of quaternary nitrogens is 2. The third kappa shape index (κ3) is 10.2. The molecule has 0 radical (unpaired) electrons. The summed E-state index contributed by atoms with van der Waals surface area (Å²) in [5.41, 5.74) is 2.40. The lowest BCUT2D eigenvalue weighted by Crippen LogP contribution is -2.67. The smallest absolute Gasteiger partial charge is 0.320 e. The van der Waals surface area contributed by atoms with Crippen LogP contribution in [0.2, 0.25) is 0 Å². The number of benzene rings is 2. The summed E-state index contributed by atoms with van der Waals surface area (Å²) in [5.74, 6) is -0.128. The number of likely N-dealkylation sites (tertiary alicyclic amines) is 2. The summed E-state index contributed by atoms with van der Waals surface area (Å²) >= 11 is 5.19. The topological polar surface area (TPSA) is 89.9 Å². The summed E-state index contributed by atoms with van der Waals surface area (Å²) < 4.78 is 11.4. The van der Waals surface area contributed by atoms with E-state index in [1.165, 1.54) is 11.1 Å². The van der Waals surface area contributed by atoms with Crippen molar-refractivity contribution in [3.63, 3.8) is 0 Å². The van der Waals surface area contributed by atoms with Crippen LogP contribution in [0.1, 0.15) is 91.2 Å². The molecule has 8 nitrogen and oxygen atoms in total. The largest absolute Gasteiger partial charge is 0.480 e. The number of carboxylic acids is 1. The minimum Gasteiger partial charge on any atom is -0.480 e. The highest BCUT2D eigenvalue weighted by molar-refractivity contribution is 8.93. The summed E-state index contributed by atoms with van der Waals surface area (Å²) in [7, 11) is 4.64. The first-order chi connectivity index (χ1) is 23.1. The summed E-state index contributed by atoms with van der Waals surface area (Å²) in [4.78, 5) is 36.6. The van der Waals surface area contributed by atoms with Crippen LogP contribution in [0.3, 0.4) is 0 Å². The Balaban J connectivity index is 0.00000451. The fourth-order valence-electron chi connectivity index (χ4n) is 8.55. The summed E-state index contributed by atoms with van der Waals surface area (Å²) in [5, 5.41) is 10.9. The molecule has 2 saturated heterocycles. The Kier molecular flexibility index (Phi) is 16.8. The first-order valence-corrected chi connectivity index (χ1v) is 18.8. The summed E-state index contributed by atoms with van der Waals surface area (Å²) in [6.07, 6.45) is 5.81. The number of aliphatic carboxylic acids is 1. The lowest BCUT2D eigenvalue weighted by molar-refractivity contribution is -0.960. The molecule has 2 aromatic rings. The van der Waals surface area contributed by atoms with Gasteiger partial charge in [0.15, 0.2) is 0 Å². The normalized spacial score (nSPS) is 30.1. The number of hydrogen-bond acceptors (Lipinski definition) is 6. The molecule has 2 heterocycles. The molecule has 0 aromatic heterocycles. The Hall–Kier alpha value is -1.92. The Labute approximate surface area is 332 Å². The molecule has 0 amide bonds. The van der Waals surface area contributed by atoms with Crippen LogP contribution in [0.25, 0.3) is 0 Å². The zero-order valence-corrected chi connectivity index (χ0v) is 36.1. The number of ether oxygens (including phenoxy) is 2. The van der Waals surface area contributed by atoms with Crippen molar-refractivity contribution >= 4 is 64.5 Å². The van der Waals surface area contributed by atoms with Crippen LogP contribution in [0, 0.1) is 11.8 Å². The highest BCUT2D eigenvalue weighted by Crippen LogP contribution is 2.50. The van der Waals surface area contributed by atoms with Gasteiger partial charge in [0.25, 0.3) is 0 Å². The molecule has 2 aliphatic rings. The van der Waals surface area contributed by atoms with Crippen LogP contribution in [-0.2, 0) is 27.2 Å². The quantitative estimate of drug-likeness (QED) is 0.0913. The van der Waals surface area contributed by atoms with Gasteiger partial charge in [-0.05, 0) is 74.9 Å². The molecule has 0 saturated carbocycles. The van der Waals surface area contributed by atoms with Crippen LogP contribution < -0.4 is 9.47 Å². The van der Waals surface area contributed by atoms with E-state index in [1.807, 2.05) is 48.5 Å². The van der Waals surface area contributed by atoms with Gasteiger partial charge in [0, 0.05) is 51.4 Å². The number of piperidine rings is 2. The van der Waals surface area contributed by atoms with E-state index in [2.05, 4.69) is 41.8 Å². The maximum Gasteiger partial charge on any atom is 0.320 e. The third-order valence-corrected chi connectivity index (χ3v) is 13.7. The highest BCUT2D eigenvalue weighted by Gasteiger charge is 2.58. The minimum atomic E-state index is -1.08. The third-order valence-electron chi connectivity index (χ3n) is 12.8. The molecule has 0 bridgehead atoms. The lowest BCUT2D eigenvalue weighted by Gasteiger charge is -2.56. The van der Waals surface area contributed by atoms with Crippen molar-refractivity contribution in [2.75, 3.05) is 27.2 Å². The SMILES string of the molecule is Br.Br.CCC(=O)Oc1ccc(CC[N+]2(C)C(C)CC(C(S)(C(=O)O)C3CC(C)[N+](C)(CCc4ccc(OC(=O)CC)cc4)C(C)C3)CC2C)cc1. The zero-order chi connectivity index (χ0) is 36.1. The van der Waals surface area contributed by atoms with Gasteiger partial charge in [-0.3, -0.25) is 14.4 Å². The van der Waals surface area contributed by atoms with Crippen molar-refractivity contribution in [3.05, 3.63) is 59.7 Å². The van der Waals surface area contributed by atoms with Gasteiger partial charge in [0.2, 0.25) is 0 Å². The molecular formula is C40H62Br2N2O6S+2. The van der Waals surface area contributed by atoms with E-state index in [1.54, 1.807) is 13.8 Å². The monoisotopic (exact) mass is 856 g/mol. The standard InChI is InChI=1S/C40H58N2O6S.2BrH/c1-9-37(43)47-35-15-11-31(12-16-35)19-21-41(7)27(3)23-33(24-28(41)4)40(49,39(45)46)34-25-29(5)42(8,30(6)26-34)22-20-32-13-17-36(18-14-32)48-38(44)10-2;;/h11-18,27-30,33-34H,9-10,19-26H2,1-8H3;2*1H/p+2. The Morgan fingerprint density at radius 1 is 0.667 bits per heavy atom. The number of carbonyl (C=O) groups excluding carboxylic acids is 2. The van der Waals surface area contributed by atoms with Gasteiger partial charge in [-0.1, -0.05) is 38.1 Å². The maximum absolute atomic E-state index is 13.3. The number of rotatable bonds is 13. The molecule has 4 atom stereocenters. The molecule has 0 spiro atoms. The number of nitrogens with zero attached hydrogens (tertiary/aromatic N) is 2. The molecule has 1 N–H and O–H groups in total. The van der Waals surface area contributed by atoms with Gasteiger partial charge in [0.05, 0.1) is 51.4 Å². The molecule has 11 heteroatoms. The summed E-state index contributed by atoms with van der Waals surface area (Å²) in [6, 6.07) is 16.8. The second kappa shape index (κ2) is 18.9. The minimum absolute atomic E-state index is 0. The zero-order valence-electron chi connectivity index (χ0n) is 31.8. The molecule has 0 aliphatic carbocycles. The van der Waals surface area contributed by atoms with Crippen molar-refractivity contribution < 1.29 is 37.9 Å². The molecule has 2 aliphatic heterocycles.